The molecular formula is C13H14N2O4S. The number of hydrogen-bond acceptors (Lipinski definition) is 7. The lowest BCUT2D eigenvalue weighted by atomic mass is 10.3. The molecule has 6 nitrogen and oxygen atoms in total. The van der Waals surface area contributed by atoms with Gasteiger partial charge in [-0.1, -0.05) is 11.3 Å². The molecule has 0 radical (unpaired) electrons. The maximum absolute atomic E-state index is 11.7. The molecule has 1 N–H and O–H groups in total. The first-order chi connectivity index (χ1) is 9.61. The number of anilines is 1. The maximum Gasteiger partial charge on any atom is 0.358 e. The van der Waals surface area contributed by atoms with E-state index in [2.05, 4.69) is 10.3 Å². The first-order valence-corrected chi connectivity index (χ1v) is 6.88. The van der Waals surface area contributed by atoms with Gasteiger partial charge in [0, 0.05) is 6.92 Å². The van der Waals surface area contributed by atoms with Crippen molar-refractivity contribution in [3.05, 3.63) is 34.7 Å². The van der Waals surface area contributed by atoms with Crippen molar-refractivity contribution in [2.45, 2.75) is 20.4 Å². The number of nitrogens with one attached hydrogen (secondary N) is 1. The lowest BCUT2D eigenvalue weighted by molar-refractivity contribution is 0.0517. The van der Waals surface area contributed by atoms with Crippen LogP contribution < -0.4 is 5.32 Å². The molecule has 0 aliphatic carbocycles. The fourth-order valence-corrected chi connectivity index (χ4v) is 2.39. The van der Waals surface area contributed by atoms with Gasteiger partial charge < -0.3 is 14.5 Å². The van der Waals surface area contributed by atoms with Crippen molar-refractivity contribution in [3.63, 3.8) is 0 Å². The van der Waals surface area contributed by atoms with Crippen molar-refractivity contribution >= 4 is 28.2 Å². The molecule has 0 amide bonds. The van der Waals surface area contributed by atoms with E-state index >= 15 is 0 Å². The van der Waals surface area contributed by atoms with Gasteiger partial charge >= 0.3 is 5.97 Å². The Labute approximate surface area is 119 Å². The summed E-state index contributed by atoms with van der Waals surface area (Å²) in [5, 5.41) is 3.49. The summed E-state index contributed by atoms with van der Waals surface area (Å²) in [6.07, 6.45) is 1.57. The minimum atomic E-state index is -0.583. The highest BCUT2D eigenvalue weighted by molar-refractivity contribution is 7.17. The van der Waals surface area contributed by atoms with Crippen molar-refractivity contribution in [2.24, 2.45) is 0 Å². The van der Waals surface area contributed by atoms with Gasteiger partial charge in [0.25, 0.3) is 0 Å². The number of Topliss-reactive ketones (excluding diaryl/α,β-unsaturated/α-hetero) is 1. The van der Waals surface area contributed by atoms with Gasteiger partial charge in [0.15, 0.2) is 16.6 Å². The number of nitrogens with zero attached hydrogens (tertiary/aromatic N) is 1. The quantitative estimate of drug-likeness (QED) is 0.651. The Kier molecular flexibility index (Phi) is 4.52. The first-order valence-electron chi connectivity index (χ1n) is 6.07. The molecule has 2 aromatic rings. The molecule has 0 aliphatic rings. The largest absolute Gasteiger partial charge is 0.467 e. The molecule has 0 spiro atoms. The van der Waals surface area contributed by atoms with E-state index in [9.17, 15) is 9.59 Å². The average Bonchev–Trinajstić information content (AvgIpc) is 3.06. The summed E-state index contributed by atoms with van der Waals surface area (Å²) < 4.78 is 10.1. The average molecular weight is 294 g/mol. The summed E-state index contributed by atoms with van der Waals surface area (Å²) in [6, 6.07) is 3.60. The Hall–Kier alpha value is -2.15. The van der Waals surface area contributed by atoms with Gasteiger partial charge in [-0.15, -0.1) is 0 Å². The molecule has 106 valence electrons. The van der Waals surface area contributed by atoms with E-state index in [1.165, 1.54) is 6.92 Å². The van der Waals surface area contributed by atoms with Gasteiger partial charge in [-0.25, -0.2) is 9.78 Å². The van der Waals surface area contributed by atoms with E-state index in [0.717, 1.165) is 17.1 Å². The van der Waals surface area contributed by atoms with Crippen LogP contribution in [0, 0.1) is 0 Å². The normalized spacial score (nSPS) is 10.3. The van der Waals surface area contributed by atoms with Crippen LogP contribution in [-0.2, 0) is 11.3 Å². The molecule has 0 atom stereocenters. The fourth-order valence-electron chi connectivity index (χ4n) is 1.55. The molecule has 0 saturated carbocycles. The third-order valence-corrected chi connectivity index (χ3v) is 3.52. The minimum absolute atomic E-state index is 0.0614. The van der Waals surface area contributed by atoms with Crippen molar-refractivity contribution in [1.82, 2.24) is 4.98 Å². The summed E-state index contributed by atoms with van der Waals surface area (Å²) in [5.74, 6) is -0.0566. The molecule has 20 heavy (non-hydrogen) atoms. The molecule has 0 aromatic carbocycles. The van der Waals surface area contributed by atoms with Crippen LogP contribution in [-0.4, -0.2) is 23.3 Å². The maximum atomic E-state index is 11.7. The Morgan fingerprint density at radius 3 is 2.90 bits per heavy atom. The van der Waals surface area contributed by atoms with Crippen LogP contribution in [0.25, 0.3) is 0 Å². The molecule has 0 fully saturated rings. The second-order valence-corrected chi connectivity index (χ2v) is 4.91. The molecule has 2 heterocycles. The summed E-state index contributed by atoms with van der Waals surface area (Å²) in [6.45, 7) is 3.77. The molecule has 0 bridgehead atoms. The van der Waals surface area contributed by atoms with Crippen molar-refractivity contribution < 1.29 is 18.7 Å². The molecule has 2 aromatic heterocycles. The third kappa shape index (κ3) is 3.24. The topological polar surface area (TPSA) is 81.4 Å². The minimum Gasteiger partial charge on any atom is -0.467 e. The fraction of sp³-hybridized carbons (Fsp3) is 0.308. The summed E-state index contributed by atoms with van der Waals surface area (Å²) in [4.78, 5) is 27.7. The van der Waals surface area contributed by atoms with E-state index in [1.807, 2.05) is 6.07 Å². The van der Waals surface area contributed by atoms with Gasteiger partial charge in [0.2, 0.25) is 0 Å². The number of carbonyl (C=O) groups excluding carboxylic acids is 2. The Morgan fingerprint density at radius 2 is 2.30 bits per heavy atom. The second kappa shape index (κ2) is 6.33. The zero-order valence-corrected chi connectivity index (χ0v) is 12.0. The van der Waals surface area contributed by atoms with Gasteiger partial charge in [-0.05, 0) is 19.1 Å². The predicted octanol–water partition coefficient (Wildman–Crippen LogP) is 2.73. The van der Waals surface area contributed by atoms with Crippen LogP contribution in [0.3, 0.4) is 0 Å². The van der Waals surface area contributed by atoms with Crippen LogP contribution in [0.2, 0.25) is 0 Å². The number of thiazole rings is 1. The molecule has 0 aliphatic heterocycles. The predicted molar refractivity (Wildman–Crippen MR) is 74.1 cm³/mol. The van der Waals surface area contributed by atoms with Crippen molar-refractivity contribution in [1.29, 1.82) is 0 Å². The smallest absolute Gasteiger partial charge is 0.358 e. The standard InChI is InChI=1S/C13H14N2O4S/c1-3-18-12(17)10-11(8(2)16)20-13(15-10)14-7-9-5-4-6-19-9/h4-6H,3,7H2,1-2H3,(H,14,15). The zero-order chi connectivity index (χ0) is 14.5. The van der Waals surface area contributed by atoms with Crippen LogP contribution in [0.4, 0.5) is 5.13 Å². The molecule has 0 saturated heterocycles. The number of ether oxygens (including phenoxy) is 1. The van der Waals surface area contributed by atoms with Gasteiger partial charge in [0.05, 0.1) is 19.4 Å². The van der Waals surface area contributed by atoms with Crippen LogP contribution in [0.5, 0.6) is 0 Å². The van der Waals surface area contributed by atoms with E-state index in [1.54, 1.807) is 19.3 Å². The van der Waals surface area contributed by atoms with E-state index in [0.29, 0.717) is 16.6 Å². The summed E-state index contributed by atoms with van der Waals surface area (Å²) in [7, 11) is 0. The highest BCUT2D eigenvalue weighted by atomic mass is 32.1. The number of aromatic nitrogens is 1. The number of carbonyl (C=O) groups is 2. The van der Waals surface area contributed by atoms with E-state index in [-0.39, 0.29) is 18.1 Å². The van der Waals surface area contributed by atoms with Crippen molar-refractivity contribution in [3.8, 4) is 0 Å². The first kappa shape index (κ1) is 14.3. The lowest BCUT2D eigenvalue weighted by Gasteiger charge is -1.99. The number of esters is 1. The molecule has 2 rings (SSSR count). The highest BCUT2D eigenvalue weighted by Crippen LogP contribution is 2.24. The van der Waals surface area contributed by atoms with E-state index in [4.69, 9.17) is 9.15 Å². The Morgan fingerprint density at radius 1 is 1.50 bits per heavy atom. The molecular weight excluding hydrogens is 280 g/mol. The van der Waals surface area contributed by atoms with Gasteiger partial charge in [0.1, 0.15) is 10.6 Å². The third-order valence-electron chi connectivity index (χ3n) is 2.41. The molecule has 7 heteroatoms. The monoisotopic (exact) mass is 294 g/mol. The summed E-state index contributed by atoms with van der Waals surface area (Å²) >= 11 is 1.13. The highest BCUT2D eigenvalue weighted by Gasteiger charge is 2.22. The SMILES string of the molecule is CCOC(=O)c1nc(NCc2ccco2)sc1C(C)=O. The van der Waals surface area contributed by atoms with Crippen LogP contribution >= 0.6 is 11.3 Å². The summed E-state index contributed by atoms with van der Waals surface area (Å²) in [5.41, 5.74) is 0.0614. The van der Waals surface area contributed by atoms with Gasteiger partial charge in [-0.3, -0.25) is 4.79 Å². The number of ketones is 1. The number of rotatable bonds is 6. The number of furan rings is 1. The lowest BCUT2D eigenvalue weighted by Crippen LogP contribution is -2.09. The van der Waals surface area contributed by atoms with Crippen LogP contribution in [0.15, 0.2) is 22.8 Å². The van der Waals surface area contributed by atoms with Gasteiger partial charge in [-0.2, -0.15) is 0 Å². The Balaban J connectivity index is 2.16. The van der Waals surface area contributed by atoms with Crippen LogP contribution in [0.1, 0.15) is 39.8 Å². The zero-order valence-electron chi connectivity index (χ0n) is 11.1. The second-order valence-electron chi connectivity index (χ2n) is 3.91. The Bertz CT molecular complexity index is 604. The van der Waals surface area contributed by atoms with E-state index < -0.39 is 5.97 Å². The van der Waals surface area contributed by atoms with Crippen molar-refractivity contribution in [2.75, 3.05) is 11.9 Å². The number of hydrogen-bond donors (Lipinski definition) is 1. The molecule has 0 unspecified atom stereocenters.